The van der Waals surface area contributed by atoms with Crippen molar-refractivity contribution in [3.8, 4) is 11.5 Å². The normalized spacial score (nSPS) is 18.8. The average Bonchev–Trinajstić information content (AvgIpc) is 3.19. The number of hydrogen-bond acceptors (Lipinski definition) is 5. The van der Waals surface area contributed by atoms with Crippen LogP contribution in [0.1, 0.15) is 31.7 Å². The highest BCUT2D eigenvalue weighted by Crippen LogP contribution is 2.25. The van der Waals surface area contributed by atoms with Crippen LogP contribution in [-0.2, 0) is 11.3 Å². The zero-order chi connectivity index (χ0) is 16.2. The maximum absolute atomic E-state index is 5.99. The summed E-state index contributed by atoms with van der Waals surface area (Å²) in [7, 11) is 1.63. The molecule has 7 heteroatoms. The highest BCUT2D eigenvalue weighted by Gasteiger charge is 2.21. The van der Waals surface area contributed by atoms with Crippen LogP contribution in [-0.4, -0.2) is 34.6 Å². The van der Waals surface area contributed by atoms with Gasteiger partial charge in [-0.2, -0.15) is 5.10 Å². The third-order valence-electron chi connectivity index (χ3n) is 3.92. The molecule has 0 spiro atoms. The smallest absolute Gasteiger partial charge is 0.195 e. The van der Waals surface area contributed by atoms with Gasteiger partial charge in [-0.3, -0.25) is 9.67 Å². The first kappa shape index (κ1) is 16.0. The van der Waals surface area contributed by atoms with Crippen LogP contribution in [0.5, 0.6) is 11.5 Å². The van der Waals surface area contributed by atoms with E-state index in [4.69, 9.17) is 26.4 Å². The van der Waals surface area contributed by atoms with Crippen LogP contribution in [0.3, 0.4) is 0 Å². The summed E-state index contributed by atoms with van der Waals surface area (Å²) in [6.45, 7) is 3.48. The Morgan fingerprint density at radius 2 is 2.30 bits per heavy atom. The summed E-state index contributed by atoms with van der Waals surface area (Å²) in [6.07, 6.45) is 2.11. The summed E-state index contributed by atoms with van der Waals surface area (Å²) < 4.78 is 19.5. The SMILES string of the molecule is COc1cccc(O[C@@H](C)c2n[nH]c(=S)n2C[C@@H]2CCCO2)c1. The van der Waals surface area contributed by atoms with Gasteiger partial charge in [0.05, 0.1) is 19.8 Å². The van der Waals surface area contributed by atoms with E-state index in [1.807, 2.05) is 35.8 Å². The number of nitrogens with zero attached hydrogens (tertiary/aromatic N) is 2. The Balaban J connectivity index is 1.76. The second kappa shape index (κ2) is 7.14. The second-order valence-electron chi connectivity index (χ2n) is 5.57. The molecular weight excluding hydrogens is 314 g/mol. The minimum absolute atomic E-state index is 0.196. The van der Waals surface area contributed by atoms with Crippen LogP contribution in [0.2, 0.25) is 0 Å². The summed E-state index contributed by atoms with van der Waals surface area (Å²) in [5.74, 6) is 2.26. The van der Waals surface area contributed by atoms with Crippen LogP contribution in [0.15, 0.2) is 24.3 Å². The molecule has 0 amide bonds. The van der Waals surface area contributed by atoms with E-state index < -0.39 is 0 Å². The van der Waals surface area contributed by atoms with E-state index in [1.54, 1.807) is 7.11 Å². The predicted octanol–water partition coefficient (Wildman–Crippen LogP) is 3.27. The van der Waals surface area contributed by atoms with Crippen molar-refractivity contribution in [3.05, 3.63) is 34.9 Å². The largest absolute Gasteiger partial charge is 0.497 e. The Bertz CT molecular complexity index is 707. The van der Waals surface area contributed by atoms with Crippen molar-refractivity contribution < 1.29 is 14.2 Å². The first-order chi connectivity index (χ1) is 11.2. The number of methoxy groups -OCH3 is 1. The van der Waals surface area contributed by atoms with E-state index in [-0.39, 0.29) is 12.2 Å². The number of aromatic amines is 1. The Morgan fingerprint density at radius 3 is 3.04 bits per heavy atom. The Labute approximate surface area is 140 Å². The molecule has 2 heterocycles. The van der Waals surface area contributed by atoms with Crippen LogP contribution >= 0.6 is 12.2 Å². The van der Waals surface area contributed by atoms with Gasteiger partial charge in [0.15, 0.2) is 16.7 Å². The topological polar surface area (TPSA) is 61.3 Å². The van der Waals surface area contributed by atoms with Crippen LogP contribution < -0.4 is 9.47 Å². The fourth-order valence-corrected chi connectivity index (χ4v) is 2.95. The van der Waals surface area contributed by atoms with Crippen molar-refractivity contribution in [3.63, 3.8) is 0 Å². The summed E-state index contributed by atoms with van der Waals surface area (Å²) in [5.41, 5.74) is 0. The molecule has 3 rings (SSSR count). The van der Waals surface area contributed by atoms with E-state index in [0.29, 0.717) is 11.3 Å². The van der Waals surface area contributed by atoms with E-state index in [0.717, 1.165) is 36.8 Å². The zero-order valence-corrected chi connectivity index (χ0v) is 14.1. The number of ether oxygens (including phenoxy) is 3. The first-order valence-electron chi connectivity index (χ1n) is 7.75. The van der Waals surface area contributed by atoms with E-state index >= 15 is 0 Å². The van der Waals surface area contributed by atoms with Crippen molar-refractivity contribution in [1.82, 2.24) is 14.8 Å². The summed E-state index contributed by atoms with van der Waals surface area (Å²) in [4.78, 5) is 0. The van der Waals surface area contributed by atoms with Crippen molar-refractivity contribution in [2.75, 3.05) is 13.7 Å². The monoisotopic (exact) mass is 335 g/mol. The molecule has 0 bridgehead atoms. The lowest BCUT2D eigenvalue weighted by atomic mass is 10.2. The Morgan fingerprint density at radius 1 is 1.48 bits per heavy atom. The van der Waals surface area contributed by atoms with E-state index in [1.165, 1.54) is 0 Å². The lowest BCUT2D eigenvalue weighted by molar-refractivity contribution is 0.0935. The third kappa shape index (κ3) is 3.73. The number of benzene rings is 1. The molecular formula is C16H21N3O3S. The molecule has 1 fully saturated rings. The van der Waals surface area contributed by atoms with Crippen molar-refractivity contribution in [2.45, 2.75) is 38.5 Å². The molecule has 0 radical (unpaired) electrons. The second-order valence-corrected chi connectivity index (χ2v) is 5.96. The fourth-order valence-electron chi connectivity index (χ4n) is 2.74. The third-order valence-corrected chi connectivity index (χ3v) is 4.23. The first-order valence-corrected chi connectivity index (χ1v) is 8.15. The Kier molecular flexibility index (Phi) is 4.97. The summed E-state index contributed by atoms with van der Waals surface area (Å²) in [5, 5.41) is 7.19. The van der Waals surface area contributed by atoms with Gasteiger partial charge in [0.1, 0.15) is 11.5 Å². The van der Waals surface area contributed by atoms with Gasteiger partial charge in [-0.05, 0) is 44.1 Å². The van der Waals surface area contributed by atoms with Crippen LogP contribution in [0.4, 0.5) is 0 Å². The lowest BCUT2D eigenvalue weighted by Crippen LogP contribution is -2.19. The highest BCUT2D eigenvalue weighted by molar-refractivity contribution is 7.71. The molecule has 124 valence electrons. The van der Waals surface area contributed by atoms with Gasteiger partial charge in [-0.25, -0.2) is 0 Å². The van der Waals surface area contributed by atoms with Crippen LogP contribution in [0.25, 0.3) is 0 Å². The predicted molar refractivity (Wildman–Crippen MR) is 88.4 cm³/mol. The molecule has 2 atom stereocenters. The maximum Gasteiger partial charge on any atom is 0.195 e. The maximum atomic E-state index is 5.99. The van der Waals surface area contributed by atoms with Gasteiger partial charge in [0.25, 0.3) is 0 Å². The Hall–Kier alpha value is -1.86. The quantitative estimate of drug-likeness (QED) is 0.821. The van der Waals surface area contributed by atoms with Crippen LogP contribution in [0, 0.1) is 4.77 Å². The van der Waals surface area contributed by atoms with Gasteiger partial charge in [0.2, 0.25) is 0 Å². The van der Waals surface area contributed by atoms with Gasteiger partial charge >= 0.3 is 0 Å². The average molecular weight is 335 g/mol. The van der Waals surface area contributed by atoms with Gasteiger partial charge in [-0.15, -0.1) is 0 Å². The van der Waals surface area contributed by atoms with Crippen molar-refractivity contribution >= 4 is 12.2 Å². The molecule has 1 saturated heterocycles. The van der Waals surface area contributed by atoms with Gasteiger partial charge in [0, 0.05) is 12.7 Å². The summed E-state index contributed by atoms with van der Waals surface area (Å²) in [6, 6.07) is 7.52. The molecule has 0 saturated carbocycles. The minimum atomic E-state index is -0.239. The molecule has 1 N–H and O–H groups in total. The molecule has 23 heavy (non-hydrogen) atoms. The summed E-state index contributed by atoms with van der Waals surface area (Å²) >= 11 is 5.34. The van der Waals surface area contributed by atoms with Crippen molar-refractivity contribution in [1.29, 1.82) is 0 Å². The molecule has 0 aliphatic carbocycles. The van der Waals surface area contributed by atoms with Crippen molar-refractivity contribution in [2.24, 2.45) is 0 Å². The standard InChI is InChI=1S/C16H21N3O3S/c1-11(22-13-6-3-5-12(9-13)20-2)15-17-18-16(23)19(15)10-14-7-4-8-21-14/h3,5-6,9,11,14H,4,7-8,10H2,1-2H3,(H,18,23)/t11-,14-/m0/s1. The number of aromatic nitrogens is 3. The minimum Gasteiger partial charge on any atom is -0.497 e. The number of hydrogen-bond donors (Lipinski definition) is 1. The molecule has 1 aliphatic rings. The van der Waals surface area contributed by atoms with E-state index in [9.17, 15) is 0 Å². The molecule has 1 aliphatic heterocycles. The number of rotatable bonds is 6. The highest BCUT2D eigenvalue weighted by atomic mass is 32.1. The lowest BCUT2D eigenvalue weighted by Gasteiger charge is -2.17. The molecule has 0 unspecified atom stereocenters. The molecule has 6 nitrogen and oxygen atoms in total. The number of nitrogens with one attached hydrogen (secondary N) is 1. The fraction of sp³-hybridized carbons (Fsp3) is 0.500. The van der Waals surface area contributed by atoms with Gasteiger partial charge in [-0.1, -0.05) is 6.07 Å². The number of H-pyrrole nitrogens is 1. The molecule has 1 aromatic heterocycles. The zero-order valence-electron chi connectivity index (χ0n) is 13.3. The molecule has 1 aromatic carbocycles. The molecule has 2 aromatic rings. The van der Waals surface area contributed by atoms with Gasteiger partial charge < -0.3 is 14.2 Å². The van der Waals surface area contributed by atoms with E-state index in [2.05, 4.69) is 10.2 Å².